The van der Waals surface area contributed by atoms with Crippen LogP contribution in [0.2, 0.25) is 0 Å². The monoisotopic (exact) mass is 429 g/mol. The molecule has 4 rings (SSSR count). The number of piperidine rings is 2. The van der Waals surface area contributed by atoms with Gasteiger partial charge in [0.1, 0.15) is 0 Å². The second-order valence-corrected chi connectivity index (χ2v) is 10.2. The predicted molar refractivity (Wildman–Crippen MR) is 128 cm³/mol. The van der Waals surface area contributed by atoms with Crippen molar-refractivity contribution in [2.45, 2.75) is 96.3 Å². The van der Waals surface area contributed by atoms with E-state index in [1.807, 2.05) is 0 Å². The number of hydrogen-bond donors (Lipinski definition) is 0. The number of aromatic nitrogens is 1. The van der Waals surface area contributed by atoms with Gasteiger partial charge in [-0.05, 0) is 76.6 Å². The van der Waals surface area contributed by atoms with Crippen molar-refractivity contribution in [3.8, 4) is 0 Å². The molecule has 0 N–H and O–H groups in total. The molecule has 1 aromatic carbocycles. The summed E-state index contributed by atoms with van der Waals surface area (Å²) in [6.45, 7) is 8.21. The van der Waals surface area contributed by atoms with Gasteiger partial charge in [0, 0.05) is 18.6 Å². The first-order chi connectivity index (χ1) is 14.7. The fraction of sp³-hybridized carbons (Fsp3) is 0.720. The molecule has 0 amide bonds. The minimum Gasteiger partial charge on any atom is -0.300 e. The molecule has 166 valence electrons. The molecule has 2 aliphatic heterocycles. The largest absolute Gasteiger partial charge is 0.309 e. The van der Waals surface area contributed by atoms with Crippen LogP contribution in [0.3, 0.4) is 0 Å². The molecule has 3 heterocycles. The maximum absolute atomic E-state index is 13.1. The van der Waals surface area contributed by atoms with Gasteiger partial charge in [-0.25, -0.2) is 0 Å². The summed E-state index contributed by atoms with van der Waals surface area (Å²) in [6.07, 6.45) is 12.8. The fourth-order valence-electron chi connectivity index (χ4n) is 5.86. The van der Waals surface area contributed by atoms with E-state index in [4.69, 9.17) is 0 Å². The van der Waals surface area contributed by atoms with Crippen LogP contribution in [0.4, 0.5) is 0 Å². The first-order valence-corrected chi connectivity index (χ1v) is 13.1. The quantitative estimate of drug-likeness (QED) is 0.525. The van der Waals surface area contributed by atoms with E-state index in [0.717, 1.165) is 29.2 Å². The topological polar surface area (TPSA) is 28.5 Å². The lowest BCUT2D eigenvalue weighted by molar-refractivity contribution is 0.0433. The summed E-state index contributed by atoms with van der Waals surface area (Å²) in [5.41, 5.74) is 1.13. The Labute approximate surface area is 185 Å². The van der Waals surface area contributed by atoms with Gasteiger partial charge >= 0.3 is 4.87 Å². The zero-order valence-electron chi connectivity index (χ0n) is 18.9. The Kier molecular flexibility index (Phi) is 7.66. The first-order valence-electron chi connectivity index (χ1n) is 12.3. The number of rotatable bonds is 8. The van der Waals surface area contributed by atoms with Crippen LogP contribution in [-0.4, -0.2) is 46.1 Å². The third kappa shape index (κ3) is 4.68. The summed E-state index contributed by atoms with van der Waals surface area (Å²) in [5.74, 6) is 0. The van der Waals surface area contributed by atoms with Gasteiger partial charge in [-0.1, -0.05) is 50.2 Å². The molecule has 2 saturated heterocycles. The van der Waals surface area contributed by atoms with Gasteiger partial charge in [0.15, 0.2) is 0 Å². The lowest BCUT2D eigenvalue weighted by atomic mass is 9.97. The molecule has 4 nitrogen and oxygen atoms in total. The van der Waals surface area contributed by atoms with Crippen molar-refractivity contribution in [1.29, 1.82) is 0 Å². The highest BCUT2D eigenvalue weighted by Gasteiger charge is 2.31. The number of likely N-dealkylation sites (tertiary alicyclic amines) is 2. The van der Waals surface area contributed by atoms with E-state index >= 15 is 0 Å². The van der Waals surface area contributed by atoms with Gasteiger partial charge in [-0.3, -0.25) is 14.3 Å². The average molecular weight is 430 g/mol. The molecule has 2 aliphatic rings. The molecule has 30 heavy (non-hydrogen) atoms. The maximum Gasteiger partial charge on any atom is 0.309 e. The van der Waals surface area contributed by atoms with Crippen LogP contribution in [0.15, 0.2) is 29.1 Å². The number of thiazole rings is 1. The van der Waals surface area contributed by atoms with Crippen molar-refractivity contribution in [2.75, 3.05) is 19.6 Å². The van der Waals surface area contributed by atoms with Crippen LogP contribution in [0.1, 0.15) is 84.2 Å². The summed E-state index contributed by atoms with van der Waals surface area (Å²) in [5, 5.41) is 0. The molecule has 5 heteroatoms. The lowest BCUT2D eigenvalue weighted by Crippen LogP contribution is -2.46. The van der Waals surface area contributed by atoms with E-state index in [-0.39, 0.29) is 11.0 Å². The summed E-state index contributed by atoms with van der Waals surface area (Å²) in [7, 11) is 0. The van der Waals surface area contributed by atoms with Crippen molar-refractivity contribution in [3.05, 3.63) is 33.9 Å². The maximum atomic E-state index is 13.1. The lowest BCUT2D eigenvalue weighted by Gasteiger charge is -2.42. The van der Waals surface area contributed by atoms with Gasteiger partial charge in [-0.2, -0.15) is 0 Å². The summed E-state index contributed by atoms with van der Waals surface area (Å²) >= 11 is 1.42. The van der Waals surface area contributed by atoms with Crippen LogP contribution < -0.4 is 4.87 Å². The predicted octanol–water partition coefficient (Wildman–Crippen LogP) is 5.87. The molecule has 0 spiro atoms. The van der Waals surface area contributed by atoms with Crippen LogP contribution in [0.25, 0.3) is 10.2 Å². The second-order valence-electron chi connectivity index (χ2n) is 9.22. The molecule has 2 aromatic rings. The number of benzene rings is 1. The summed E-state index contributed by atoms with van der Waals surface area (Å²) in [4.78, 5) is 18.7. The van der Waals surface area contributed by atoms with E-state index < -0.39 is 0 Å². The highest BCUT2D eigenvalue weighted by Crippen LogP contribution is 2.32. The van der Waals surface area contributed by atoms with Gasteiger partial charge in [0.2, 0.25) is 0 Å². The Hall–Kier alpha value is -1.17. The third-order valence-electron chi connectivity index (χ3n) is 7.47. The molecule has 3 atom stereocenters. The minimum absolute atomic E-state index is 0.198. The number of para-hydroxylation sites is 1. The van der Waals surface area contributed by atoms with Crippen LogP contribution in [0, 0.1) is 0 Å². The van der Waals surface area contributed by atoms with Gasteiger partial charge < -0.3 is 4.90 Å². The normalized spacial score (nSPS) is 25.0. The van der Waals surface area contributed by atoms with Crippen molar-refractivity contribution < 1.29 is 0 Å². The summed E-state index contributed by atoms with van der Waals surface area (Å²) in [6, 6.07) is 9.74. The van der Waals surface area contributed by atoms with Gasteiger partial charge in [0.05, 0.1) is 16.4 Å². The Bertz CT molecular complexity index is 859. The van der Waals surface area contributed by atoms with E-state index in [0.29, 0.717) is 6.04 Å². The molecule has 0 saturated carbocycles. The molecular weight excluding hydrogens is 390 g/mol. The van der Waals surface area contributed by atoms with E-state index in [9.17, 15) is 4.79 Å². The number of nitrogens with zero attached hydrogens (tertiary/aromatic N) is 3. The third-order valence-corrected chi connectivity index (χ3v) is 8.41. The minimum atomic E-state index is 0.198. The SMILES string of the molecule is CCC1CCCCN1CCCC(N1CCCCC1CC)n1c(=O)sc2ccccc21. The van der Waals surface area contributed by atoms with E-state index in [1.54, 1.807) is 0 Å². The Morgan fingerprint density at radius 1 is 1.00 bits per heavy atom. The zero-order valence-corrected chi connectivity index (χ0v) is 19.7. The fourth-order valence-corrected chi connectivity index (χ4v) is 6.78. The smallest absolute Gasteiger partial charge is 0.300 e. The Balaban J connectivity index is 1.57. The number of hydrogen-bond acceptors (Lipinski definition) is 4. The van der Waals surface area contributed by atoms with Crippen molar-refractivity contribution in [1.82, 2.24) is 14.4 Å². The zero-order chi connectivity index (χ0) is 20.9. The van der Waals surface area contributed by atoms with E-state index in [1.165, 1.54) is 82.2 Å². The molecule has 3 unspecified atom stereocenters. The van der Waals surface area contributed by atoms with Gasteiger partial charge in [0.25, 0.3) is 0 Å². The van der Waals surface area contributed by atoms with Crippen molar-refractivity contribution >= 4 is 21.6 Å². The van der Waals surface area contributed by atoms with Crippen molar-refractivity contribution in [3.63, 3.8) is 0 Å². The second kappa shape index (κ2) is 10.4. The molecule has 0 aliphatic carbocycles. The van der Waals surface area contributed by atoms with Crippen LogP contribution in [0.5, 0.6) is 0 Å². The average Bonchev–Trinajstić information content (AvgIpc) is 3.12. The van der Waals surface area contributed by atoms with Crippen LogP contribution >= 0.6 is 11.3 Å². The van der Waals surface area contributed by atoms with Crippen LogP contribution in [-0.2, 0) is 0 Å². The van der Waals surface area contributed by atoms with E-state index in [2.05, 4.69) is 52.5 Å². The summed E-state index contributed by atoms with van der Waals surface area (Å²) < 4.78 is 3.27. The number of fused-ring (bicyclic) bond motifs is 1. The standard InChI is InChI=1S/C25H39N3OS/c1-3-20-12-7-9-17-26(20)18-11-16-24(27-19-10-8-13-21(27)4-2)28-22-14-5-6-15-23(22)30-25(28)29/h5-6,14-15,20-21,24H,3-4,7-13,16-19H2,1-2H3. The molecule has 1 aromatic heterocycles. The molecule has 0 bridgehead atoms. The van der Waals surface area contributed by atoms with Crippen molar-refractivity contribution in [2.24, 2.45) is 0 Å². The molecule has 0 radical (unpaired) electrons. The molecular formula is C25H39N3OS. The Morgan fingerprint density at radius 2 is 1.73 bits per heavy atom. The molecule has 2 fully saturated rings. The van der Waals surface area contributed by atoms with Gasteiger partial charge in [-0.15, -0.1) is 0 Å². The Morgan fingerprint density at radius 3 is 2.53 bits per heavy atom. The highest BCUT2D eigenvalue weighted by atomic mass is 32.1. The first kappa shape index (κ1) is 22.0. The highest BCUT2D eigenvalue weighted by molar-refractivity contribution is 7.16.